The highest BCUT2D eigenvalue weighted by Gasteiger charge is 2.16. The first-order chi connectivity index (χ1) is 8.59. The molecule has 2 nitrogen and oxygen atoms in total. The van der Waals surface area contributed by atoms with E-state index in [4.69, 9.17) is 27.6 Å². The zero-order valence-electron chi connectivity index (χ0n) is 9.71. The Morgan fingerprint density at radius 2 is 2.11 bits per heavy atom. The first-order valence-electron chi connectivity index (χ1n) is 5.48. The van der Waals surface area contributed by atoms with E-state index in [0.29, 0.717) is 17.1 Å². The Balaban J connectivity index is 2.13. The monoisotopic (exact) mass is 287 g/mol. The molecule has 96 valence electrons. The Bertz CT molecular complexity index is 528. The maximum Gasteiger partial charge on any atom is 0.142 e. The zero-order chi connectivity index (χ0) is 13.1. The van der Waals surface area contributed by atoms with Crippen LogP contribution < -0.4 is 5.32 Å². The van der Waals surface area contributed by atoms with Crippen molar-refractivity contribution in [2.75, 3.05) is 0 Å². The van der Waals surface area contributed by atoms with Crippen molar-refractivity contribution in [3.05, 3.63) is 57.7 Å². The predicted molar refractivity (Wildman–Crippen MR) is 70.4 cm³/mol. The molecule has 1 N–H and O–H groups in total. The van der Waals surface area contributed by atoms with Gasteiger partial charge in [-0.3, -0.25) is 0 Å². The third-order valence-corrected chi connectivity index (χ3v) is 3.39. The lowest BCUT2D eigenvalue weighted by Crippen LogP contribution is -2.18. The van der Waals surface area contributed by atoms with Gasteiger partial charge in [0.15, 0.2) is 0 Å². The average molecular weight is 288 g/mol. The Morgan fingerprint density at radius 3 is 2.78 bits per heavy atom. The smallest absolute Gasteiger partial charge is 0.142 e. The lowest BCUT2D eigenvalue weighted by molar-refractivity contribution is 0.460. The van der Waals surface area contributed by atoms with Crippen LogP contribution in [0.15, 0.2) is 34.9 Å². The van der Waals surface area contributed by atoms with Crippen molar-refractivity contribution in [2.24, 2.45) is 0 Å². The van der Waals surface area contributed by atoms with Crippen molar-refractivity contribution in [1.82, 2.24) is 5.32 Å². The molecule has 0 aliphatic rings. The van der Waals surface area contributed by atoms with Crippen LogP contribution in [0.3, 0.4) is 0 Å². The van der Waals surface area contributed by atoms with Crippen LogP contribution in [0, 0.1) is 5.82 Å². The normalized spacial score (nSPS) is 12.7. The number of benzene rings is 1. The summed E-state index contributed by atoms with van der Waals surface area (Å²) in [6.45, 7) is 2.40. The second-order valence-electron chi connectivity index (χ2n) is 3.94. The highest BCUT2D eigenvalue weighted by atomic mass is 35.5. The summed E-state index contributed by atoms with van der Waals surface area (Å²) in [5, 5.41) is 3.68. The molecule has 2 rings (SSSR count). The third-order valence-electron chi connectivity index (χ3n) is 2.68. The summed E-state index contributed by atoms with van der Waals surface area (Å²) in [6, 6.07) is 6.25. The fraction of sp³-hybridized carbons (Fsp3) is 0.231. The molecule has 5 heteroatoms. The van der Waals surface area contributed by atoms with Crippen molar-refractivity contribution >= 4 is 23.2 Å². The summed E-state index contributed by atoms with van der Waals surface area (Å²) in [5.41, 5.74) is 0.560. The molecule has 0 amide bonds. The molecule has 0 saturated heterocycles. The van der Waals surface area contributed by atoms with Gasteiger partial charge < -0.3 is 9.73 Å². The molecule has 1 aromatic heterocycles. The van der Waals surface area contributed by atoms with Crippen LogP contribution in [0.5, 0.6) is 0 Å². The molecule has 0 aliphatic heterocycles. The first-order valence-corrected chi connectivity index (χ1v) is 6.24. The quantitative estimate of drug-likeness (QED) is 0.833. The minimum atomic E-state index is -0.470. The average Bonchev–Trinajstić information content (AvgIpc) is 2.85. The van der Waals surface area contributed by atoms with Gasteiger partial charge >= 0.3 is 0 Å². The van der Waals surface area contributed by atoms with Gasteiger partial charge in [-0.15, -0.1) is 0 Å². The van der Waals surface area contributed by atoms with E-state index in [9.17, 15) is 4.39 Å². The molecule has 1 atom stereocenters. The SMILES string of the molecule is CC(NCc1ccco1)c1c(Cl)ccc(F)c1Cl. The van der Waals surface area contributed by atoms with Crippen LogP contribution in [0.4, 0.5) is 4.39 Å². The highest BCUT2D eigenvalue weighted by molar-refractivity contribution is 6.36. The first kappa shape index (κ1) is 13.4. The summed E-state index contributed by atoms with van der Waals surface area (Å²) >= 11 is 12.0. The van der Waals surface area contributed by atoms with E-state index in [1.165, 1.54) is 12.1 Å². The molecule has 0 fully saturated rings. The lowest BCUT2D eigenvalue weighted by Gasteiger charge is -2.16. The predicted octanol–water partition coefficient (Wildman–Crippen LogP) is 4.58. The van der Waals surface area contributed by atoms with Gasteiger partial charge in [0.05, 0.1) is 17.8 Å². The van der Waals surface area contributed by atoms with Crippen LogP contribution >= 0.6 is 23.2 Å². The van der Waals surface area contributed by atoms with E-state index in [0.717, 1.165) is 5.76 Å². The van der Waals surface area contributed by atoms with Gasteiger partial charge in [0.25, 0.3) is 0 Å². The largest absolute Gasteiger partial charge is 0.468 e. The van der Waals surface area contributed by atoms with Crippen LogP contribution in [0.2, 0.25) is 10.0 Å². The Morgan fingerprint density at radius 1 is 1.33 bits per heavy atom. The van der Waals surface area contributed by atoms with Crippen LogP contribution in [0.25, 0.3) is 0 Å². The molecule has 1 unspecified atom stereocenters. The number of hydrogen-bond acceptors (Lipinski definition) is 2. The minimum absolute atomic E-state index is 0.0574. The van der Waals surface area contributed by atoms with E-state index in [1.807, 2.05) is 19.1 Å². The number of hydrogen-bond donors (Lipinski definition) is 1. The lowest BCUT2D eigenvalue weighted by atomic mass is 10.1. The zero-order valence-corrected chi connectivity index (χ0v) is 11.2. The van der Waals surface area contributed by atoms with E-state index in [2.05, 4.69) is 5.32 Å². The molecule has 2 aromatic rings. The number of furan rings is 1. The van der Waals surface area contributed by atoms with Gasteiger partial charge in [0, 0.05) is 16.6 Å². The molecule has 0 aliphatic carbocycles. The second-order valence-corrected chi connectivity index (χ2v) is 4.72. The van der Waals surface area contributed by atoms with Crippen molar-refractivity contribution in [2.45, 2.75) is 19.5 Å². The van der Waals surface area contributed by atoms with Crippen LogP contribution in [0.1, 0.15) is 24.3 Å². The Labute approximate surface area is 115 Å². The maximum atomic E-state index is 13.4. The van der Waals surface area contributed by atoms with Crippen LogP contribution in [-0.2, 0) is 6.54 Å². The highest BCUT2D eigenvalue weighted by Crippen LogP contribution is 2.32. The van der Waals surface area contributed by atoms with Crippen molar-refractivity contribution < 1.29 is 8.81 Å². The minimum Gasteiger partial charge on any atom is -0.468 e. The third kappa shape index (κ3) is 2.86. The van der Waals surface area contributed by atoms with Crippen molar-refractivity contribution in [3.63, 3.8) is 0 Å². The van der Waals surface area contributed by atoms with Crippen LogP contribution in [-0.4, -0.2) is 0 Å². The molecule has 1 aromatic carbocycles. The van der Waals surface area contributed by atoms with E-state index in [1.54, 1.807) is 6.26 Å². The Kier molecular flexibility index (Phi) is 4.27. The van der Waals surface area contributed by atoms with Gasteiger partial charge in [-0.25, -0.2) is 4.39 Å². The number of halogens is 3. The van der Waals surface area contributed by atoms with Gasteiger partial charge in [-0.2, -0.15) is 0 Å². The topological polar surface area (TPSA) is 25.2 Å². The summed E-state index contributed by atoms with van der Waals surface area (Å²) in [7, 11) is 0. The molecule has 0 saturated carbocycles. The second kappa shape index (κ2) is 5.74. The molecule has 18 heavy (non-hydrogen) atoms. The fourth-order valence-corrected chi connectivity index (χ4v) is 2.41. The maximum absolute atomic E-state index is 13.4. The van der Waals surface area contributed by atoms with Crippen molar-refractivity contribution in [1.29, 1.82) is 0 Å². The summed E-state index contributed by atoms with van der Waals surface area (Å²) in [4.78, 5) is 0. The number of nitrogens with one attached hydrogen (secondary N) is 1. The number of rotatable bonds is 4. The van der Waals surface area contributed by atoms with Gasteiger partial charge in [-0.1, -0.05) is 23.2 Å². The fourth-order valence-electron chi connectivity index (χ4n) is 1.71. The van der Waals surface area contributed by atoms with Crippen molar-refractivity contribution in [3.8, 4) is 0 Å². The van der Waals surface area contributed by atoms with E-state index < -0.39 is 5.82 Å². The van der Waals surface area contributed by atoms with E-state index in [-0.39, 0.29) is 11.1 Å². The molecule has 0 radical (unpaired) electrons. The van der Waals surface area contributed by atoms with Gasteiger partial charge in [-0.05, 0) is 31.2 Å². The van der Waals surface area contributed by atoms with Gasteiger partial charge in [0.2, 0.25) is 0 Å². The standard InChI is InChI=1S/C13H12Cl2FNO/c1-8(17-7-9-3-2-6-18-9)12-10(14)4-5-11(16)13(12)15/h2-6,8,17H,7H2,1H3. The molecular formula is C13H12Cl2FNO. The molecule has 1 heterocycles. The summed E-state index contributed by atoms with van der Waals surface area (Å²) in [6.07, 6.45) is 1.60. The summed E-state index contributed by atoms with van der Waals surface area (Å²) < 4.78 is 18.6. The van der Waals surface area contributed by atoms with E-state index >= 15 is 0 Å². The molecular weight excluding hydrogens is 276 g/mol. The Hall–Kier alpha value is -1.03. The summed E-state index contributed by atoms with van der Waals surface area (Å²) in [5.74, 6) is 0.327. The molecule has 0 spiro atoms. The van der Waals surface area contributed by atoms with Gasteiger partial charge in [0.1, 0.15) is 11.6 Å². The molecule has 0 bridgehead atoms.